The Morgan fingerprint density at radius 2 is 1.92 bits per heavy atom. The van der Waals surface area contributed by atoms with Crippen molar-refractivity contribution in [2.75, 3.05) is 22.8 Å². The molecular formula is C24H30N4O6S2. The zero-order chi connectivity index (χ0) is 26.2. The molecule has 4 unspecified atom stereocenters. The fourth-order valence-corrected chi connectivity index (χ4v) is 7.32. The molecule has 2 aliphatic carbocycles. The van der Waals surface area contributed by atoms with Crippen LogP contribution in [0, 0.1) is 23.2 Å². The normalized spacial score (nSPS) is 28.5. The number of aliphatic hydroxyl groups excluding tert-OH is 1. The summed E-state index contributed by atoms with van der Waals surface area (Å²) < 4.78 is 55.4. The largest absolute Gasteiger partial charge is 0.511 e. The van der Waals surface area contributed by atoms with Crippen LogP contribution < -0.4 is 10.0 Å². The number of benzene rings is 1. The quantitative estimate of drug-likeness (QED) is 0.493. The molecular weight excluding hydrogens is 504 g/mol. The van der Waals surface area contributed by atoms with E-state index in [4.69, 9.17) is 0 Å². The highest BCUT2D eigenvalue weighted by Gasteiger charge is 2.55. The van der Waals surface area contributed by atoms with Crippen LogP contribution in [0.4, 0.5) is 11.4 Å². The molecule has 3 N–H and O–H groups in total. The predicted molar refractivity (Wildman–Crippen MR) is 137 cm³/mol. The SMILES string of the molecule is CC(C)(C)CCN1C(=O)C(C2=NS(=O)(=O)c3cc(NS(C)(=O)=O)ccc3N2)=C(O)C2C3C=CC(C3)C21. The lowest BCUT2D eigenvalue weighted by molar-refractivity contribution is -0.132. The first-order valence-electron chi connectivity index (χ1n) is 11.8. The third-order valence-electron chi connectivity index (χ3n) is 7.19. The molecule has 5 rings (SSSR count). The molecule has 4 aliphatic rings. The van der Waals surface area contributed by atoms with E-state index >= 15 is 0 Å². The smallest absolute Gasteiger partial charge is 0.286 e. The van der Waals surface area contributed by atoms with Gasteiger partial charge in [0.1, 0.15) is 16.2 Å². The molecule has 36 heavy (non-hydrogen) atoms. The average Bonchev–Trinajstić information content (AvgIpc) is 3.34. The molecule has 1 aromatic rings. The van der Waals surface area contributed by atoms with Gasteiger partial charge in [0, 0.05) is 24.2 Å². The van der Waals surface area contributed by atoms with Crippen LogP contribution in [0.2, 0.25) is 0 Å². The summed E-state index contributed by atoms with van der Waals surface area (Å²) in [5, 5.41) is 14.2. The number of hydrogen-bond acceptors (Lipinski definition) is 7. The van der Waals surface area contributed by atoms with E-state index in [0.29, 0.717) is 6.54 Å². The Kier molecular flexibility index (Phi) is 5.56. The summed E-state index contributed by atoms with van der Waals surface area (Å²) in [5.41, 5.74) is 0.0655. The molecule has 0 aromatic heterocycles. The maximum Gasteiger partial charge on any atom is 0.286 e. The number of nitrogens with one attached hydrogen (secondary N) is 2. The number of rotatable bonds is 5. The van der Waals surface area contributed by atoms with Gasteiger partial charge in [0.2, 0.25) is 10.0 Å². The maximum atomic E-state index is 13.8. The lowest BCUT2D eigenvalue weighted by Gasteiger charge is -2.43. The standard InChI is InChI=1S/C24H30N4O6S2/c1-24(2,3)9-10-28-20-14-6-5-13(11-14)18(20)21(29)19(23(28)30)22-25-16-8-7-15(26-35(4,31)32)12-17(16)36(33,34)27-22/h5-8,12-14,18,20,26,29H,9-11H2,1-4H3,(H,25,27). The van der Waals surface area contributed by atoms with E-state index in [1.807, 2.05) is 0 Å². The van der Waals surface area contributed by atoms with Gasteiger partial charge in [-0.05, 0) is 48.3 Å². The molecule has 1 saturated carbocycles. The first-order valence-corrected chi connectivity index (χ1v) is 15.1. The first-order chi connectivity index (χ1) is 16.6. The van der Waals surface area contributed by atoms with E-state index in [9.17, 15) is 26.7 Å². The van der Waals surface area contributed by atoms with Gasteiger partial charge in [0.25, 0.3) is 15.9 Å². The van der Waals surface area contributed by atoms with Crippen molar-refractivity contribution in [2.45, 2.75) is 44.6 Å². The topological polar surface area (TPSA) is 145 Å². The second kappa shape index (κ2) is 8.07. The molecule has 10 nitrogen and oxygen atoms in total. The van der Waals surface area contributed by atoms with Gasteiger partial charge in [0.15, 0.2) is 5.84 Å². The highest BCUT2D eigenvalue weighted by Crippen LogP contribution is 2.52. The predicted octanol–water partition coefficient (Wildman–Crippen LogP) is 2.85. The summed E-state index contributed by atoms with van der Waals surface area (Å²) in [6.07, 6.45) is 6.72. The van der Waals surface area contributed by atoms with Gasteiger partial charge in [-0.25, -0.2) is 8.42 Å². The Labute approximate surface area is 211 Å². The van der Waals surface area contributed by atoms with Crippen molar-refractivity contribution in [3.63, 3.8) is 0 Å². The van der Waals surface area contributed by atoms with E-state index in [0.717, 1.165) is 19.1 Å². The number of nitrogens with zero attached hydrogens (tertiary/aromatic N) is 2. The number of sulfonamides is 2. The van der Waals surface area contributed by atoms with E-state index < -0.39 is 26.0 Å². The number of aliphatic hydroxyl groups is 1. The van der Waals surface area contributed by atoms with Crippen LogP contribution in [0.3, 0.4) is 0 Å². The van der Waals surface area contributed by atoms with E-state index in [1.54, 1.807) is 4.90 Å². The summed E-state index contributed by atoms with van der Waals surface area (Å²) in [6, 6.07) is 3.81. The first kappa shape index (κ1) is 24.8. The fraction of sp³-hybridized carbons (Fsp3) is 0.500. The van der Waals surface area contributed by atoms with Crippen molar-refractivity contribution in [1.82, 2.24) is 4.90 Å². The van der Waals surface area contributed by atoms with Gasteiger partial charge < -0.3 is 15.3 Å². The Bertz CT molecular complexity index is 1450. The molecule has 2 heterocycles. The van der Waals surface area contributed by atoms with E-state index in [-0.39, 0.29) is 62.6 Å². The lowest BCUT2D eigenvalue weighted by Crippen LogP contribution is -2.54. The van der Waals surface area contributed by atoms with Gasteiger partial charge in [0.05, 0.1) is 11.9 Å². The molecule has 1 fully saturated rings. The molecule has 4 atom stereocenters. The van der Waals surface area contributed by atoms with Crippen LogP contribution in [0.25, 0.3) is 0 Å². The number of fused-ring (bicyclic) bond motifs is 6. The average molecular weight is 535 g/mol. The minimum absolute atomic E-state index is 0.0206. The van der Waals surface area contributed by atoms with Crippen LogP contribution in [0.5, 0.6) is 0 Å². The number of carbonyl (C=O) groups excluding carboxylic acids is 1. The lowest BCUT2D eigenvalue weighted by atomic mass is 9.80. The van der Waals surface area contributed by atoms with Crippen molar-refractivity contribution in [3.05, 3.63) is 41.7 Å². The third kappa shape index (κ3) is 4.30. The van der Waals surface area contributed by atoms with Crippen LogP contribution >= 0.6 is 0 Å². The molecule has 1 aromatic carbocycles. The van der Waals surface area contributed by atoms with Gasteiger partial charge >= 0.3 is 0 Å². The van der Waals surface area contributed by atoms with Gasteiger partial charge in [-0.15, -0.1) is 4.40 Å². The van der Waals surface area contributed by atoms with Crippen molar-refractivity contribution < 1.29 is 26.7 Å². The van der Waals surface area contributed by atoms with Gasteiger partial charge in [-0.2, -0.15) is 8.42 Å². The molecule has 1 amide bonds. The summed E-state index contributed by atoms with van der Waals surface area (Å²) in [7, 11) is -7.91. The summed E-state index contributed by atoms with van der Waals surface area (Å²) in [6.45, 7) is 6.76. The van der Waals surface area contributed by atoms with Crippen molar-refractivity contribution in [3.8, 4) is 0 Å². The highest BCUT2D eigenvalue weighted by atomic mass is 32.2. The number of anilines is 2. The number of carbonyl (C=O) groups is 1. The minimum atomic E-state index is -4.29. The van der Waals surface area contributed by atoms with Crippen molar-refractivity contribution in [2.24, 2.45) is 27.6 Å². The Hall–Kier alpha value is -2.86. The number of allylic oxidation sites excluding steroid dienone is 1. The minimum Gasteiger partial charge on any atom is -0.511 e. The van der Waals surface area contributed by atoms with E-state index in [2.05, 4.69) is 47.4 Å². The van der Waals surface area contributed by atoms with Crippen LogP contribution in [0.15, 0.2) is 51.0 Å². The fourth-order valence-electron chi connectivity index (χ4n) is 5.61. The zero-order valence-electron chi connectivity index (χ0n) is 20.5. The van der Waals surface area contributed by atoms with Gasteiger partial charge in [-0.1, -0.05) is 32.9 Å². The van der Waals surface area contributed by atoms with Gasteiger partial charge in [-0.3, -0.25) is 9.52 Å². The summed E-state index contributed by atoms with van der Waals surface area (Å²) in [5.74, 6) is -0.896. The Balaban J connectivity index is 1.56. The zero-order valence-corrected chi connectivity index (χ0v) is 22.1. The van der Waals surface area contributed by atoms with Crippen LogP contribution in [0.1, 0.15) is 33.6 Å². The molecule has 0 saturated heterocycles. The van der Waals surface area contributed by atoms with Crippen molar-refractivity contribution in [1.29, 1.82) is 0 Å². The Morgan fingerprint density at radius 1 is 1.22 bits per heavy atom. The molecule has 0 radical (unpaired) electrons. The maximum absolute atomic E-state index is 13.8. The monoisotopic (exact) mass is 534 g/mol. The van der Waals surface area contributed by atoms with Crippen LogP contribution in [-0.4, -0.2) is 57.4 Å². The summed E-state index contributed by atoms with van der Waals surface area (Å²) in [4.78, 5) is 15.4. The molecule has 2 aliphatic heterocycles. The molecule has 2 bridgehead atoms. The molecule has 12 heteroatoms. The third-order valence-corrected chi connectivity index (χ3v) is 9.11. The van der Waals surface area contributed by atoms with Crippen molar-refractivity contribution >= 4 is 43.2 Å². The van der Waals surface area contributed by atoms with E-state index in [1.165, 1.54) is 18.2 Å². The number of amides is 1. The second-order valence-corrected chi connectivity index (χ2v) is 14.5. The highest BCUT2D eigenvalue weighted by molar-refractivity contribution is 7.92. The second-order valence-electron chi connectivity index (χ2n) is 11.2. The molecule has 194 valence electrons. The molecule has 0 spiro atoms. The number of amidine groups is 1. The Morgan fingerprint density at radius 3 is 2.58 bits per heavy atom. The number of hydrogen-bond donors (Lipinski definition) is 3. The van der Waals surface area contributed by atoms with Crippen LogP contribution in [-0.2, 0) is 24.8 Å². The summed E-state index contributed by atoms with van der Waals surface area (Å²) >= 11 is 0.